The quantitative estimate of drug-likeness (QED) is 0.335. The van der Waals surface area contributed by atoms with Crippen LogP contribution in [0.5, 0.6) is 0 Å². The van der Waals surface area contributed by atoms with Crippen molar-refractivity contribution in [3.8, 4) is 0 Å². The molecule has 1 unspecified atom stereocenters. The molecular formula is C16H30N2O6. The molecule has 0 radical (unpaired) electrons. The highest BCUT2D eigenvalue weighted by molar-refractivity contribution is 5.66. The fraction of sp³-hybridized carbons (Fsp3) is 0.812. The van der Waals surface area contributed by atoms with Gasteiger partial charge in [-0.2, -0.15) is 0 Å². The molecule has 140 valence electrons. The zero-order valence-corrected chi connectivity index (χ0v) is 14.9. The molecule has 8 heteroatoms. The van der Waals surface area contributed by atoms with Crippen LogP contribution >= 0.6 is 0 Å². The minimum atomic E-state index is -0.378. The van der Waals surface area contributed by atoms with Gasteiger partial charge in [-0.15, -0.1) is 0 Å². The smallest absolute Gasteiger partial charge is 0.305 e. The molecule has 1 rings (SSSR count). The Kier molecular flexibility index (Phi) is 11.2. The summed E-state index contributed by atoms with van der Waals surface area (Å²) >= 11 is 0. The van der Waals surface area contributed by atoms with Crippen molar-refractivity contribution in [3.63, 3.8) is 0 Å². The van der Waals surface area contributed by atoms with Crippen molar-refractivity contribution in [1.29, 1.82) is 0 Å². The number of carbonyl (C=O) groups excluding carboxylic acids is 1. The molecule has 1 aliphatic rings. The predicted molar refractivity (Wildman–Crippen MR) is 88.1 cm³/mol. The van der Waals surface area contributed by atoms with Gasteiger partial charge in [0.05, 0.1) is 46.2 Å². The Hall–Kier alpha value is -1.35. The number of carbonyl (C=O) groups is 1. The van der Waals surface area contributed by atoms with Gasteiger partial charge in [0.25, 0.3) is 6.35 Å². The van der Waals surface area contributed by atoms with E-state index >= 15 is 0 Å². The average Bonchev–Trinajstić information content (AvgIpc) is 2.94. The Morgan fingerprint density at radius 1 is 0.917 bits per heavy atom. The van der Waals surface area contributed by atoms with Crippen LogP contribution < -0.4 is 0 Å². The minimum Gasteiger partial charge on any atom is -0.423 e. The number of rotatable bonds is 14. The Labute approximate surface area is 144 Å². The fourth-order valence-electron chi connectivity index (χ4n) is 2.09. The topological polar surface area (TPSA) is 69.7 Å². The lowest BCUT2D eigenvalue weighted by molar-refractivity contribution is -0.166. The van der Waals surface area contributed by atoms with Gasteiger partial charge in [-0.1, -0.05) is 0 Å². The highest BCUT2D eigenvalue weighted by Gasteiger charge is 2.27. The lowest BCUT2D eigenvalue weighted by Crippen LogP contribution is -2.43. The summed E-state index contributed by atoms with van der Waals surface area (Å²) in [5, 5.41) is 0. The van der Waals surface area contributed by atoms with Crippen molar-refractivity contribution in [2.45, 2.75) is 20.2 Å². The third-order valence-corrected chi connectivity index (χ3v) is 3.32. The van der Waals surface area contributed by atoms with E-state index in [9.17, 15) is 4.79 Å². The van der Waals surface area contributed by atoms with Crippen molar-refractivity contribution >= 4 is 5.97 Å². The van der Waals surface area contributed by atoms with Gasteiger partial charge in [0, 0.05) is 39.5 Å². The molecule has 0 bridgehead atoms. The van der Waals surface area contributed by atoms with Crippen LogP contribution in [0.15, 0.2) is 12.4 Å². The van der Waals surface area contributed by atoms with Crippen molar-refractivity contribution in [2.24, 2.45) is 0 Å². The number of hydrogen-bond donors (Lipinski definition) is 0. The number of methoxy groups -OCH3 is 1. The summed E-state index contributed by atoms with van der Waals surface area (Å²) in [5.74, 6) is -0.297. The van der Waals surface area contributed by atoms with E-state index in [-0.39, 0.29) is 12.3 Å². The summed E-state index contributed by atoms with van der Waals surface area (Å²) in [4.78, 5) is 15.1. The van der Waals surface area contributed by atoms with E-state index in [4.69, 9.17) is 23.7 Å². The third kappa shape index (κ3) is 8.49. The lowest BCUT2D eigenvalue weighted by Gasteiger charge is -2.30. The van der Waals surface area contributed by atoms with E-state index in [0.717, 1.165) is 6.54 Å². The summed E-state index contributed by atoms with van der Waals surface area (Å²) in [5.41, 5.74) is 0. The molecule has 0 aromatic carbocycles. The van der Waals surface area contributed by atoms with Crippen molar-refractivity contribution in [3.05, 3.63) is 12.4 Å². The van der Waals surface area contributed by atoms with E-state index in [1.165, 1.54) is 6.92 Å². The van der Waals surface area contributed by atoms with Crippen LogP contribution in [0.3, 0.4) is 0 Å². The standard InChI is InChI=1S/C16H30N2O6/c1-4-17-5-6-18(16(17)24-15(2)19)7-8-21-11-12-23-14-13-22-10-9-20-3/h5-6,16H,4,7-14H2,1-3H3. The zero-order chi connectivity index (χ0) is 17.6. The van der Waals surface area contributed by atoms with Gasteiger partial charge in [0.1, 0.15) is 0 Å². The molecule has 24 heavy (non-hydrogen) atoms. The molecule has 0 aromatic heterocycles. The molecule has 0 saturated heterocycles. The number of hydrogen-bond acceptors (Lipinski definition) is 8. The molecule has 1 heterocycles. The summed E-state index contributed by atoms with van der Waals surface area (Å²) in [6.45, 7) is 8.69. The number of ether oxygens (including phenoxy) is 5. The summed E-state index contributed by atoms with van der Waals surface area (Å²) in [6.07, 6.45) is 3.45. The molecule has 0 spiro atoms. The highest BCUT2D eigenvalue weighted by Crippen LogP contribution is 2.16. The number of nitrogens with zero attached hydrogens (tertiary/aromatic N) is 2. The Morgan fingerprint density at radius 3 is 2.00 bits per heavy atom. The second-order valence-corrected chi connectivity index (χ2v) is 5.13. The molecular weight excluding hydrogens is 316 g/mol. The third-order valence-electron chi connectivity index (χ3n) is 3.32. The van der Waals surface area contributed by atoms with Gasteiger partial charge in [0.15, 0.2) is 0 Å². The Balaban J connectivity index is 2.02. The van der Waals surface area contributed by atoms with Crippen LogP contribution in [0.2, 0.25) is 0 Å². The first-order valence-electron chi connectivity index (χ1n) is 8.28. The van der Waals surface area contributed by atoms with Gasteiger partial charge < -0.3 is 33.5 Å². The maximum atomic E-state index is 11.2. The van der Waals surface area contributed by atoms with Crippen LogP contribution in [-0.2, 0) is 28.5 Å². The van der Waals surface area contributed by atoms with Crippen LogP contribution in [0.1, 0.15) is 13.8 Å². The van der Waals surface area contributed by atoms with Crippen LogP contribution in [0, 0.1) is 0 Å². The largest absolute Gasteiger partial charge is 0.423 e. The Morgan fingerprint density at radius 2 is 1.46 bits per heavy atom. The van der Waals surface area contributed by atoms with Gasteiger partial charge in [-0.3, -0.25) is 4.79 Å². The van der Waals surface area contributed by atoms with Crippen LogP contribution in [-0.4, -0.2) is 88.6 Å². The van der Waals surface area contributed by atoms with Gasteiger partial charge in [-0.05, 0) is 6.92 Å². The second-order valence-electron chi connectivity index (χ2n) is 5.13. The van der Waals surface area contributed by atoms with Gasteiger partial charge >= 0.3 is 5.97 Å². The number of esters is 1. The monoisotopic (exact) mass is 346 g/mol. The SMILES string of the molecule is CCN1C=CN(CCOCCOCCOCCOC)C1OC(C)=O. The first-order chi connectivity index (χ1) is 11.7. The lowest BCUT2D eigenvalue weighted by atomic mass is 10.5. The fourth-order valence-corrected chi connectivity index (χ4v) is 2.09. The molecule has 8 nitrogen and oxygen atoms in total. The van der Waals surface area contributed by atoms with E-state index in [1.54, 1.807) is 7.11 Å². The molecule has 0 saturated carbocycles. The maximum Gasteiger partial charge on any atom is 0.305 e. The molecule has 0 fully saturated rings. The first kappa shape index (κ1) is 20.7. The highest BCUT2D eigenvalue weighted by atomic mass is 16.6. The van der Waals surface area contributed by atoms with E-state index < -0.39 is 0 Å². The summed E-state index contributed by atoms with van der Waals surface area (Å²) in [7, 11) is 1.64. The molecule has 0 aliphatic carbocycles. The van der Waals surface area contributed by atoms with Crippen LogP contribution in [0.4, 0.5) is 0 Å². The second kappa shape index (κ2) is 13.0. The maximum absolute atomic E-state index is 11.2. The molecule has 0 aromatic rings. The van der Waals surface area contributed by atoms with Crippen molar-refractivity contribution in [2.75, 3.05) is 66.4 Å². The van der Waals surface area contributed by atoms with Crippen LogP contribution in [0.25, 0.3) is 0 Å². The van der Waals surface area contributed by atoms with Gasteiger partial charge in [-0.25, -0.2) is 0 Å². The van der Waals surface area contributed by atoms with E-state index in [0.29, 0.717) is 52.8 Å². The molecule has 0 amide bonds. The molecule has 1 atom stereocenters. The molecule has 0 N–H and O–H groups in total. The Bertz CT molecular complexity index is 366. The predicted octanol–water partition coefficient (Wildman–Crippen LogP) is 0.638. The molecule has 1 aliphatic heterocycles. The minimum absolute atomic E-state index is 0.297. The first-order valence-corrected chi connectivity index (χ1v) is 8.28. The summed E-state index contributed by atoms with van der Waals surface area (Å²) in [6, 6.07) is 0. The normalized spacial score (nSPS) is 16.9. The van der Waals surface area contributed by atoms with Crippen molar-refractivity contribution in [1.82, 2.24) is 9.80 Å². The van der Waals surface area contributed by atoms with Gasteiger partial charge in [0.2, 0.25) is 0 Å². The van der Waals surface area contributed by atoms with E-state index in [1.807, 2.05) is 29.1 Å². The zero-order valence-electron chi connectivity index (χ0n) is 14.9. The summed E-state index contributed by atoms with van der Waals surface area (Å²) < 4.78 is 26.4. The van der Waals surface area contributed by atoms with E-state index in [2.05, 4.69) is 0 Å². The average molecular weight is 346 g/mol. The van der Waals surface area contributed by atoms with Crippen molar-refractivity contribution < 1.29 is 28.5 Å².